The molecule has 0 aliphatic carbocycles. The van der Waals surface area contributed by atoms with Crippen molar-refractivity contribution in [2.75, 3.05) is 21.3 Å². The normalized spacial score (nSPS) is 11.8. The van der Waals surface area contributed by atoms with E-state index in [1.807, 2.05) is 26.0 Å². The van der Waals surface area contributed by atoms with Crippen molar-refractivity contribution in [3.63, 3.8) is 0 Å². The van der Waals surface area contributed by atoms with Gasteiger partial charge in [0, 0.05) is 18.2 Å². The quantitative estimate of drug-likeness (QED) is 0.777. The summed E-state index contributed by atoms with van der Waals surface area (Å²) in [6.45, 7) is 3.74. The number of ether oxygens (including phenoxy) is 2. The molecule has 5 nitrogen and oxygen atoms in total. The Morgan fingerprint density at radius 2 is 1.94 bits per heavy atom. The van der Waals surface area contributed by atoms with Crippen molar-refractivity contribution in [3.05, 3.63) is 23.3 Å². The van der Waals surface area contributed by atoms with Gasteiger partial charge in [-0.2, -0.15) is 0 Å². The van der Waals surface area contributed by atoms with Crippen LogP contribution in [-0.2, 0) is 4.79 Å². The van der Waals surface area contributed by atoms with Gasteiger partial charge in [-0.25, -0.2) is 5.43 Å². The Morgan fingerprint density at radius 1 is 1.28 bits per heavy atom. The molecule has 1 amide bonds. The van der Waals surface area contributed by atoms with E-state index in [0.29, 0.717) is 5.75 Å². The summed E-state index contributed by atoms with van der Waals surface area (Å²) < 4.78 is 10.6. The number of hydrogen-bond donors (Lipinski definition) is 2. The first-order valence-electron chi connectivity index (χ1n) is 5.74. The molecular formula is C13H20N2O3. The molecule has 1 aromatic carbocycles. The molecule has 0 spiro atoms. The van der Waals surface area contributed by atoms with Crippen LogP contribution in [0.3, 0.4) is 0 Å². The Kier molecular flexibility index (Phi) is 4.97. The summed E-state index contributed by atoms with van der Waals surface area (Å²) in [5.41, 5.74) is 6.92. The molecule has 0 saturated carbocycles. The zero-order chi connectivity index (χ0) is 13.7. The minimum absolute atomic E-state index is 0.111. The van der Waals surface area contributed by atoms with E-state index in [-0.39, 0.29) is 11.8 Å². The van der Waals surface area contributed by atoms with Gasteiger partial charge in [0.25, 0.3) is 0 Å². The van der Waals surface area contributed by atoms with Crippen LogP contribution < -0.4 is 20.3 Å². The number of methoxy groups -OCH3 is 2. The summed E-state index contributed by atoms with van der Waals surface area (Å²) in [6, 6.07) is 3.70. The summed E-state index contributed by atoms with van der Waals surface area (Å²) in [6.07, 6.45) is 0. The van der Waals surface area contributed by atoms with E-state index in [0.717, 1.165) is 16.9 Å². The lowest BCUT2D eigenvalue weighted by Crippen LogP contribution is -2.37. The molecule has 0 aliphatic heterocycles. The van der Waals surface area contributed by atoms with Crippen LogP contribution in [-0.4, -0.2) is 27.2 Å². The van der Waals surface area contributed by atoms with Crippen molar-refractivity contribution in [3.8, 4) is 11.5 Å². The van der Waals surface area contributed by atoms with Gasteiger partial charge in [0.15, 0.2) is 0 Å². The summed E-state index contributed by atoms with van der Waals surface area (Å²) in [7, 11) is 4.85. The predicted octanol–water partition coefficient (Wildman–Crippen LogP) is 1.37. The van der Waals surface area contributed by atoms with Crippen molar-refractivity contribution in [1.82, 2.24) is 10.9 Å². The Balaban J connectivity index is 3.16. The highest BCUT2D eigenvalue weighted by Gasteiger charge is 2.21. The van der Waals surface area contributed by atoms with Crippen LogP contribution in [0.15, 0.2) is 12.1 Å². The molecule has 0 aromatic heterocycles. The number of amides is 1. The zero-order valence-electron chi connectivity index (χ0n) is 11.5. The smallest absolute Gasteiger partial charge is 0.241 e. The van der Waals surface area contributed by atoms with Gasteiger partial charge in [-0.1, -0.05) is 6.07 Å². The SMILES string of the molecule is CNNC(=O)C(C)c1ccc(OC)c(C)c1OC. The first kappa shape index (κ1) is 14.3. The lowest BCUT2D eigenvalue weighted by Gasteiger charge is -2.18. The van der Waals surface area contributed by atoms with Crippen molar-refractivity contribution >= 4 is 5.91 Å². The van der Waals surface area contributed by atoms with Crippen LogP contribution in [0, 0.1) is 6.92 Å². The number of carbonyl (C=O) groups is 1. The maximum Gasteiger partial charge on any atom is 0.241 e. The van der Waals surface area contributed by atoms with Gasteiger partial charge in [-0.3, -0.25) is 10.2 Å². The number of hydrogen-bond acceptors (Lipinski definition) is 4. The highest BCUT2D eigenvalue weighted by Crippen LogP contribution is 2.35. The number of nitrogens with one attached hydrogen (secondary N) is 2. The van der Waals surface area contributed by atoms with E-state index in [2.05, 4.69) is 10.9 Å². The van der Waals surface area contributed by atoms with Crippen molar-refractivity contribution in [1.29, 1.82) is 0 Å². The second-order valence-electron chi connectivity index (χ2n) is 3.98. The van der Waals surface area contributed by atoms with Gasteiger partial charge in [0.05, 0.1) is 20.1 Å². The third-order valence-electron chi connectivity index (χ3n) is 2.92. The fourth-order valence-electron chi connectivity index (χ4n) is 1.90. The molecule has 18 heavy (non-hydrogen) atoms. The second kappa shape index (κ2) is 6.26. The number of carbonyl (C=O) groups excluding carboxylic acids is 1. The average molecular weight is 252 g/mol. The van der Waals surface area contributed by atoms with Crippen molar-refractivity contribution in [2.45, 2.75) is 19.8 Å². The molecule has 0 saturated heterocycles. The van der Waals surface area contributed by atoms with E-state index in [1.165, 1.54) is 0 Å². The fourth-order valence-corrected chi connectivity index (χ4v) is 1.90. The largest absolute Gasteiger partial charge is 0.496 e. The maximum atomic E-state index is 11.8. The van der Waals surface area contributed by atoms with Crippen molar-refractivity contribution < 1.29 is 14.3 Å². The van der Waals surface area contributed by atoms with E-state index in [4.69, 9.17) is 9.47 Å². The van der Waals surface area contributed by atoms with Crippen LogP contribution in [0.1, 0.15) is 24.0 Å². The summed E-state index contributed by atoms with van der Waals surface area (Å²) >= 11 is 0. The van der Waals surface area contributed by atoms with Crippen LogP contribution in [0.2, 0.25) is 0 Å². The molecule has 0 radical (unpaired) electrons. The molecule has 5 heteroatoms. The molecule has 2 N–H and O–H groups in total. The molecule has 0 bridgehead atoms. The van der Waals surface area contributed by atoms with Gasteiger partial charge in [0.1, 0.15) is 11.5 Å². The molecule has 0 heterocycles. The van der Waals surface area contributed by atoms with Crippen LogP contribution in [0.25, 0.3) is 0 Å². The molecular weight excluding hydrogens is 232 g/mol. The number of hydrazine groups is 1. The van der Waals surface area contributed by atoms with Crippen LogP contribution in [0.4, 0.5) is 0 Å². The Morgan fingerprint density at radius 3 is 2.44 bits per heavy atom. The minimum Gasteiger partial charge on any atom is -0.496 e. The lowest BCUT2D eigenvalue weighted by molar-refractivity contribution is -0.123. The average Bonchev–Trinajstić information content (AvgIpc) is 2.37. The Labute approximate surface area is 107 Å². The van der Waals surface area contributed by atoms with Crippen molar-refractivity contribution in [2.24, 2.45) is 0 Å². The minimum atomic E-state index is -0.308. The number of rotatable bonds is 5. The Hall–Kier alpha value is -1.75. The van der Waals surface area contributed by atoms with Gasteiger partial charge >= 0.3 is 0 Å². The topological polar surface area (TPSA) is 59.6 Å². The predicted molar refractivity (Wildman–Crippen MR) is 69.9 cm³/mol. The third kappa shape index (κ3) is 2.73. The van der Waals surface area contributed by atoms with Gasteiger partial charge in [-0.15, -0.1) is 0 Å². The second-order valence-corrected chi connectivity index (χ2v) is 3.98. The molecule has 1 atom stereocenters. The molecule has 1 rings (SSSR count). The lowest BCUT2D eigenvalue weighted by atomic mass is 9.96. The third-order valence-corrected chi connectivity index (χ3v) is 2.92. The van der Waals surface area contributed by atoms with E-state index in [9.17, 15) is 4.79 Å². The first-order valence-corrected chi connectivity index (χ1v) is 5.74. The highest BCUT2D eigenvalue weighted by molar-refractivity contribution is 5.84. The molecule has 100 valence electrons. The highest BCUT2D eigenvalue weighted by atomic mass is 16.5. The molecule has 0 fully saturated rings. The van der Waals surface area contributed by atoms with Crippen LogP contribution in [0.5, 0.6) is 11.5 Å². The standard InChI is InChI=1S/C13H20N2O3/c1-8(13(16)15-14-3)10-6-7-11(17-4)9(2)12(10)18-5/h6-8,14H,1-5H3,(H,15,16). The van der Waals surface area contributed by atoms with Gasteiger partial charge in [-0.05, 0) is 19.9 Å². The molecule has 1 unspecified atom stereocenters. The first-order chi connectivity index (χ1) is 8.56. The van der Waals surface area contributed by atoms with Gasteiger partial charge < -0.3 is 9.47 Å². The summed E-state index contributed by atoms with van der Waals surface area (Å²) in [5, 5.41) is 0. The van der Waals surface area contributed by atoms with E-state index < -0.39 is 0 Å². The molecule has 1 aromatic rings. The fraction of sp³-hybridized carbons (Fsp3) is 0.462. The van der Waals surface area contributed by atoms with Gasteiger partial charge in [0.2, 0.25) is 5.91 Å². The summed E-state index contributed by atoms with van der Waals surface area (Å²) in [4.78, 5) is 11.8. The Bertz CT molecular complexity index is 432. The monoisotopic (exact) mass is 252 g/mol. The zero-order valence-corrected chi connectivity index (χ0v) is 11.5. The van der Waals surface area contributed by atoms with Crippen LogP contribution >= 0.6 is 0 Å². The van der Waals surface area contributed by atoms with E-state index in [1.54, 1.807) is 21.3 Å². The summed E-state index contributed by atoms with van der Waals surface area (Å²) in [5.74, 6) is 1.02. The molecule has 0 aliphatic rings. The number of benzene rings is 1. The van der Waals surface area contributed by atoms with E-state index >= 15 is 0 Å². The maximum absolute atomic E-state index is 11.8.